The summed E-state index contributed by atoms with van der Waals surface area (Å²) in [5, 5.41) is 0. The van der Waals surface area contributed by atoms with E-state index in [4.69, 9.17) is 10.2 Å². The average Bonchev–Trinajstić information content (AvgIpc) is 2.84. The van der Waals surface area contributed by atoms with Gasteiger partial charge in [0.2, 0.25) is 5.91 Å². The predicted molar refractivity (Wildman–Crippen MR) is 82.8 cm³/mol. The van der Waals surface area contributed by atoms with Gasteiger partial charge in [-0.1, -0.05) is 6.42 Å². The van der Waals surface area contributed by atoms with Gasteiger partial charge in [0, 0.05) is 19.1 Å². The molecule has 0 aromatic carbocycles. The first kappa shape index (κ1) is 16.0. The maximum Gasteiger partial charge on any atom is 0.236 e. The summed E-state index contributed by atoms with van der Waals surface area (Å²) >= 11 is 0. The van der Waals surface area contributed by atoms with Gasteiger partial charge in [-0.15, -0.1) is 0 Å². The second-order valence-electron chi connectivity index (χ2n) is 6.15. The van der Waals surface area contributed by atoms with Crippen LogP contribution in [0.2, 0.25) is 0 Å². The van der Waals surface area contributed by atoms with E-state index in [0.29, 0.717) is 19.1 Å². The van der Waals surface area contributed by atoms with Crippen LogP contribution in [-0.4, -0.2) is 47.9 Å². The molecular weight excluding hydrogens is 266 g/mol. The topological polar surface area (TPSA) is 62.7 Å². The highest BCUT2D eigenvalue weighted by Crippen LogP contribution is 2.19. The number of amides is 1. The molecule has 5 nitrogen and oxygen atoms in total. The first-order valence-electron chi connectivity index (χ1n) is 7.76. The van der Waals surface area contributed by atoms with Gasteiger partial charge in [0.1, 0.15) is 11.5 Å². The number of nitrogens with zero attached hydrogens (tertiary/aromatic N) is 2. The van der Waals surface area contributed by atoms with Crippen molar-refractivity contribution < 1.29 is 9.21 Å². The number of carbonyl (C=O) groups excluding carboxylic acids is 1. The third-order valence-electron chi connectivity index (χ3n) is 4.22. The van der Waals surface area contributed by atoms with Crippen LogP contribution in [0.5, 0.6) is 0 Å². The van der Waals surface area contributed by atoms with E-state index in [-0.39, 0.29) is 11.9 Å². The lowest BCUT2D eigenvalue weighted by molar-refractivity contribution is -0.133. The highest BCUT2D eigenvalue weighted by molar-refractivity contribution is 5.78. The minimum absolute atomic E-state index is 0.108. The van der Waals surface area contributed by atoms with Crippen LogP contribution in [0.3, 0.4) is 0 Å². The average molecular weight is 293 g/mol. The fraction of sp³-hybridized carbons (Fsp3) is 0.688. The number of furan rings is 1. The Morgan fingerprint density at radius 2 is 2.29 bits per heavy atom. The van der Waals surface area contributed by atoms with Gasteiger partial charge in [-0.3, -0.25) is 9.69 Å². The second-order valence-corrected chi connectivity index (χ2v) is 6.15. The summed E-state index contributed by atoms with van der Waals surface area (Å²) in [4.78, 5) is 16.4. The fourth-order valence-electron chi connectivity index (χ4n) is 2.99. The monoisotopic (exact) mass is 293 g/mol. The van der Waals surface area contributed by atoms with Crippen LogP contribution in [0.1, 0.15) is 37.7 Å². The number of likely N-dealkylation sites (tertiary alicyclic amines) is 1. The fourth-order valence-corrected chi connectivity index (χ4v) is 2.99. The lowest BCUT2D eigenvalue weighted by Crippen LogP contribution is -2.52. The molecule has 1 aliphatic heterocycles. The zero-order valence-corrected chi connectivity index (χ0v) is 13.3. The van der Waals surface area contributed by atoms with E-state index in [9.17, 15) is 4.79 Å². The number of hydrogen-bond acceptors (Lipinski definition) is 4. The van der Waals surface area contributed by atoms with Crippen molar-refractivity contribution in [3.8, 4) is 0 Å². The molecule has 0 aliphatic carbocycles. The third kappa shape index (κ3) is 4.32. The van der Waals surface area contributed by atoms with Gasteiger partial charge in [-0.2, -0.15) is 0 Å². The molecular formula is C16H27N3O2. The summed E-state index contributed by atoms with van der Waals surface area (Å²) in [6.07, 6.45) is 3.45. The molecule has 1 aliphatic rings. The Labute approximate surface area is 127 Å². The molecule has 1 fully saturated rings. The van der Waals surface area contributed by atoms with E-state index in [1.165, 1.54) is 6.42 Å². The molecule has 2 atom stereocenters. The number of hydrogen-bond donors (Lipinski definition) is 1. The van der Waals surface area contributed by atoms with Crippen LogP contribution in [0.15, 0.2) is 16.5 Å². The maximum absolute atomic E-state index is 12.4. The first-order chi connectivity index (χ1) is 9.97. The van der Waals surface area contributed by atoms with E-state index in [1.807, 2.05) is 33.0 Å². The standard InChI is InChI=1S/C16H27N3O2/c1-12-7-8-14(21-12)10-18(3)16(20)11-19-9-5-4-6-15(19)13(2)17/h7-8,13,15H,4-6,9-11,17H2,1-3H3. The molecule has 21 heavy (non-hydrogen) atoms. The zero-order chi connectivity index (χ0) is 15.4. The quantitative estimate of drug-likeness (QED) is 0.898. The van der Waals surface area contributed by atoms with E-state index >= 15 is 0 Å². The van der Waals surface area contributed by atoms with Crippen LogP contribution in [0.4, 0.5) is 0 Å². The molecule has 0 radical (unpaired) electrons. The Morgan fingerprint density at radius 1 is 1.52 bits per heavy atom. The molecule has 5 heteroatoms. The van der Waals surface area contributed by atoms with Gasteiger partial charge in [-0.25, -0.2) is 0 Å². The number of likely N-dealkylation sites (N-methyl/N-ethyl adjacent to an activating group) is 1. The maximum atomic E-state index is 12.4. The molecule has 1 aromatic heterocycles. The minimum Gasteiger partial charge on any atom is -0.464 e. The summed E-state index contributed by atoms with van der Waals surface area (Å²) in [7, 11) is 1.82. The van der Waals surface area contributed by atoms with Crippen LogP contribution >= 0.6 is 0 Å². The molecule has 0 bridgehead atoms. The van der Waals surface area contributed by atoms with Crippen LogP contribution < -0.4 is 5.73 Å². The molecule has 2 unspecified atom stereocenters. The van der Waals surface area contributed by atoms with Gasteiger partial charge in [-0.05, 0) is 45.4 Å². The number of rotatable bonds is 5. The Balaban J connectivity index is 1.90. The van der Waals surface area contributed by atoms with Crippen LogP contribution in [-0.2, 0) is 11.3 Å². The van der Waals surface area contributed by atoms with Crippen molar-refractivity contribution in [1.29, 1.82) is 0 Å². The van der Waals surface area contributed by atoms with E-state index in [2.05, 4.69) is 4.90 Å². The van der Waals surface area contributed by atoms with Crippen molar-refractivity contribution in [3.63, 3.8) is 0 Å². The smallest absolute Gasteiger partial charge is 0.236 e. The Morgan fingerprint density at radius 3 is 2.90 bits per heavy atom. The normalized spacial score (nSPS) is 21.2. The molecule has 1 amide bonds. The summed E-state index contributed by atoms with van der Waals surface area (Å²) in [6.45, 7) is 5.87. The molecule has 0 saturated carbocycles. The third-order valence-corrected chi connectivity index (χ3v) is 4.22. The molecule has 2 heterocycles. The van der Waals surface area contributed by atoms with Crippen LogP contribution in [0, 0.1) is 6.92 Å². The molecule has 1 aromatic rings. The SMILES string of the molecule is Cc1ccc(CN(C)C(=O)CN2CCCCC2C(C)N)o1. The van der Waals surface area contributed by atoms with Crippen molar-refractivity contribution in [1.82, 2.24) is 9.80 Å². The highest BCUT2D eigenvalue weighted by atomic mass is 16.3. The summed E-state index contributed by atoms with van der Waals surface area (Å²) in [5.74, 6) is 1.82. The van der Waals surface area contributed by atoms with Crippen molar-refractivity contribution in [2.45, 2.75) is 51.7 Å². The summed E-state index contributed by atoms with van der Waals surface area (Å²) < 4.78 is 5.53. The van der Waals surface area contributed by atoms with Crippen molar-refractivity contribution in [2.75, 3.05) is 20.1 Å². The van der Waals surface area contributed by atoms with Crippen molar-refractivity contribution in [3.05, 3.63) is 23.7 Å². The minimum atomic E-state index is 0.108. The van der Waals surface area contributed by atoms with Gasteiger partial charge in [0.25, 0.3) is 0 Å². The zero-order valence-electron chi connectivity index (χ0n) is 13.3. The molecule has 2 rings (SSSR count). The van der Waals surface area contributed by atoms with E-state index in [1.54, 1.807) is 4.90 Å². The Hall–Kier alpha value is -1.33. The molecule has 0 spiro atoms. The lowest BCUT2D eigenvalue weighted by Gasteiger charge is -2.38. The van der Waals surface area contributed by atoms with Crippen molar-refractivity contribution >= 4 is 5.91 Å². The summed E-state index contributed by atoms with van der Waals surface area (Å²) in [5.41, 5.74) is 6.05. The second kappa shape index (κ2) is 7.09. The lowest BCUT2D eigenvalue weighted by atomic mass is 9.97. The highest BCUT2D eigenvalue weighted by Gasteiger charge is 2.27. The molecule has 118 valence electrons. The predicted octanol–water partition coefficient (Wildman–Crippen LogP) is 1.75. The first-order valence-corrected chi connectivity index (χ1v) is 7.76. The van der Waals surface area contributed by atoms with Gasteiger partial charge < -0.3 is 15.1 Å². The number of nitrogens with two attached hydrogens (primary N) is 1. The Bertz CT molecular complexity index is 470. The van der Waals surface area contributed by atoms with E-state index in [0.717, 1.165) is 30.9 Å². The number of aryl methyl sites for hydroxylation is 1. The van der Waals surface area contributed by atoms with Crippen LogP contribution in [0.25, 0.3) is 0 Å². The van der Waals surface area contributed by atoms with Gasteiger partial charge in [0.05, 0.1) is 13.1 Å². The largest absolute Gasteiger partial charge is 0.464 e. The van der Waals surface area contributed by atoms with Crippen molar-refractivity contribution in [2.24, 2.45) is 5.73 Å². The van der Waals surface area contributed by atoms with E-state index < -0.39 is 0 Å². The summed E-state index contributed by atoms with van der Waals surface area (Å²) in [6, 6.07) is 4.27. The van der Waals surface area contributed by atoms with Gasteiger partial charge in [0.15, 0.2) is 0 Å². The number of piperidine rings is 1. The molecule has 2 N–H and O–H groups in total. The number of carbonyl (C=O) groups is 1. The molecule has 1 saturated heterocycles. The van der Waals surface area contributed by atoms with Gasteiger partial charge >= 0.3 is 0 Å². The Kier molecular flexibility index (Phi) is 5.42.